The molecule has 0 bridgehead atoms. The highest BCUT2D eigenvalue weighted by molar-refractivity contribution is 5.71. The molecule has 1 aromatic carbocycles. The summed E-state index contributed by atoms with van der Waals surface area (Å²) in [4.78, 5) is 10.7. The number of rotatable bonds is 5. The number of nitro benzene ring substituents is 1. The fraction of sp³-hybridized carbons (Fsp3) is 0.292. The number of nitrogens with zero attached hydrogens (tertiary/aromatic N) is 4. The Morgan fingerprint density at radius 2 is 1.97 bits per heavy atom. The molecule has 1 saturated carbocycles. The Hall–Kier alpha value is -4.30. The maximum absolute atomic E-state index is 12.1. The fourth-order valence-corrected chi connectivity index (χ4v) is 4.62. The lowest BCUT2D eigenvalue weighted by Crippen LogP contribution is -2.66. The van der Waals surface area contributed by atoms with Crippen LogP contribution in [0.3, 0.4) is 0 Å². The molecule has 0 spiro atoms. The number of pyridine rings is 1. The van der Waals surface area contributed by atoms with E-state index in [1.165, 1.54) is 12.1 Å². The predicted octanol–water partition coefficient (Wildman–Crippen LogP) is 2.69. The molecule has 0 amide bonds. The lowest BCUT2D eigenvalue weighted by molar-refractivity contribution is -0.747. The number of nitrogens with one attached hydrogen (secondary N) is 2. The molecule has 1 fully saturated rings. The smallest absolute Gasteiger partial charge is 0.269 e. The number of nitro groups is 1. The van der Waals surface area contributed by atoms with Gasteiger partial charge in [-0.25, -0.2) is 0 Å². The van der Waals surface area contributed by atoms with E-state index in [0.29, 0.717) is 5.56 Å². The van der Waals surface area contributed by atoms with E-state index in [-0.39, 0.29) is 28.4 Å². The first-order valence-electron chi connectivity index (χ1n) is 10.4. The summed E-state index contributed by atoms with van der Waals surface area (Å²) < 4.78 is 1.89. The number of non-ortho nitro benzene ring substituents is 1. The van der Waals surface area contributed by atoms with E-state index in [2.05, 4.69) is 17.3 Å². The minimum Gasteiger partial charge on any atom is -0.365 e. The third kappa shape index (κ3) is 3.66. The van der Waals surface area contributed by atoms with Gasteiger partial charge in [0.25, 0.3) is 5.69 Å². The van der Waals surface area contributed by atoms with Gasteiger partial charge in [-0.3, -0.25) is 15.5 Å². The van der Waals surface area contributed by atoms with Crippen molar-refractivity contribution in [1.82, 2.24) is 5.32 Å². The summed E-state index contributed by atoms with van der Waals surface area (Å²) in [6.45, 7) is 1.89. The van der Waals surface area contributed by atoms with E-state index >= 15 is 0 Å². The van der Waals surface area contributed by atoms with Crippen LogP contribution in [0.25, 0.3) is 0 Å². The van der Waals surface area contributed by atoms with Gasteiger partial charge in [0.15, 0.2) is 11.9 Å². The molecule has 2 heterocycles. The SMILES string of the molecule is Cc1cccc[n+]1C1C(c2ccc([N+](=O)[O-])cc2)C(C#N)=C(C(=C=N)C#N)NC1(O)C1CC1. The van der Waals surface area contributed by atoms with Gasteiger partial charge in [-0.05, 0) is 24.3 Å². The minimum absolute atomic E-state index is 0.0678. The number of aromatic nitrogens is 1. The topological polar surface area (TPSA) is 151 Å². The molecule has 2 aliphatic rings. The number of hydrogen-bond donors (Lipinski definition) is 3. The van der Waals surface area contributed by atoms with Gasteiger partial charge in [-0.15, -0.1) is 0 Å². The highest BCUT2D eigenvalue weighted by Crippen LogP contribution is 2.52. The summed E-state index contributed by atoms with van der Waals surface area (Å²) in [6, 6.07) is 14.8. The van der Waals surface area contributed by atoms with Crippen molar-refractivity contribution in [3.05, 3.63) is 86.9 Å². The first-order chi connectivity index (χ1) is 15.8. The Balaban J connectivity index is 2.04. The van der Waals surface area contributed by atoms with Crippen molar-refractivity contribution >= 4 is 11.6 Å². The van der Waals surface area contributed by atoms with Crippen molar-refractivity contribution in [2.45, 2.75) is 37.5 Å². The average molecular weight is 441 g/mol. The molecule has 0 radical (unpaired) electrons. The van der Waals surface area contributed by atoms with Crippen LogP contribution in [-0.4, -0.2) is 21.6 Å². The zero-order chi connectivity index (χ0) is 23.8. The lowest BCUT2D eigenvalue weighted by atomic mass is 9.73. The molecule has 4 rings (SSSR count). The molecule has 1 aliphatic carbocycles. The van der Waals surface area contributed by atoms with E-state index in [1.807, 2.05) is 42.0 Å². The van der Waals surface area contributed by atoms with Crippen molar-refractivity contribution in [3.8, 4) is 12.1 Å². The Morgan fingerprint density at radius 3 is 2.48 bits per heavy atom. The summed E-state index contributed by atoms with van der Waals surface area (Å²) in [6.07, 6.45) is 3.33. The number of aryl methyl sites for hydroxylation is 1. The fourth-order valence-electron chi connectivity index (χ4n) is 4.62. The van der Waals surface area contributed by atoms with Crippen LogP contribution in [0.1, 0.15) is 36.1 Å². The van der Waals surface area contributed by atoms with Crippen molar-refractivity contribution in [3.63, 3.8) is 0 Å². The summed E-state index contributed by atoms with van der Waals surface area (Å²) in [7, 11) is 0. The summed E-state index contributed by atoms with van der Waals surface area (Å²) >= 11 is 0. The molecular formula is C24H21N6O3+. The van der Waals surface area contributed by atoms with E-state index in [0.717, 1.165) is 18.5 Å². The zero-order valence-electron chi connectivity index (χ0n) is 17.8. The Morgan fingerprint density at radius 1 is 1.27 bits per heavy atom. The van der Waals surface area contributed by atoms with Gasteiger partial charge in [0.05, 0.1) is 28.2 Å². The van der Waals surface area contributed by atoms with Crippen LogP contribution in [0.5, 0.6) is 0 Å². The molecule has 1 aliphatic heterocycles. The molecule has 9 heteroatoms. The molecule has 2 aromatic rings. The van der Waals surface area contributed by atoms with Crippen LogP contribution < -0.4 is 9.88 Å². The third-order valence-corrected chi connectivity index (χ3v) is 6.34. The van der Waals surface area contributed by atoms with Gasteiger partial charge in [-0.1, -0.05) is 18.2 Å². The van der Waals surface area contributed by atoms with E-state index in [4.69, 9.17) is 5.41 Å². The largest absolute Gasteiger partial charge is 0.365 e. The van der Waals surface area contributed by atoms with Crippen LogP contribution in [0, 0.1) is 51.0 Å². The van der Waals surface area contributed by atoms with Gasteiger partial charge in [0.2, 0.25) is 11.8 Å². The van der Waals surface area contributed by atoms with Crippen LogP contribution in [0.15, 0.2) is 65.5 Å². The van der Waals surface area contributed by atoms with E-state index in [1.54, 1.807) is 12.1 Å². The number of aliphatic hydroxyl groups is 1. The zero-order valence-corrected chi connectivity index (χ0v) is 17.8. The summed E-state index contributed by atoms with van der Waals surface area (Å²) in [5.74, 6) is 1.19. The van der Waals surface area contributed by atoms with E-state index in [9.17, 15) is 25.7 Å². The molecule has 1 aromatic heterocycles. The summed E-state index contributed by atoms with van der Waals surface area (Å²) in [5, 5.41) is 53.6. The second kappa shape index (κ2) is 8.33. The van der Waals surface area contributed by atoms with Crippen molar-refractivity contribution < 1.29 is 14.6 Å². The molecular weight excluding hydrogens is 420 g/mol. The molecule has 3 atom stereocenters. The van der Waals surface area contributed by atoms with Crippen LogP contribution in [-0.2, 0) is 0 Å². The van der Waals surface area contributed by atoms with Gasteiger partial charge >= 0.3 is 0 Å². The molecule has 9 nitrogen and oxygen atoms in total. The standard InChI is InChI=1S/C24H21N6O3/c1-15-4-2-3-11-29(15)23-21(16-5-9-19(10-6-16)30(32)33)20(14-27)22(17(12-25)13-26)28-24(23,31)18-7-8-18/h2-6,9-11,18,21,23,25,28,31H,7-8H2,1H3/q+1. The Labute approximate surface area is 190 Å². The molecule has 3 unspecified atom stereocenters. The molecule has 0 saturated heterocycles. The Bertz CT molecular complexity index is 1290. The first-order valence-corrected chi connectivity index (χ1v) is 10.4. The Kier molecular flexibility index (Phi) is 5.53. The summed E-state index contributed by atoms with van der Waals surface area (Å²) in [5.41, 5.74) is -0.157. The predicted molar refractivity (Wildman–Crippen MR) is 117 cm³/mol. The molecule has 164 valence electrons. The highest BCUT2D eigenvalue weighted by atomic mass is 16.6. The first kappa shape index (κ1) is 21.9. The highest BCUT2D eigenvalue weighted by Gasteiger charge is 2.61. The number of nitriles is 2. The van der Waals surface area contributed by atoms with Crippen LogP contribution in [0.4, 0.5) is 5.69 Å². The number of benzene rings is 1. The number of hydrogen-bond acceptors (Lipinski definition) is 7. The van der Waals surface area contributed by atoms with E-state index < -0.39 is 22.6 Å². The van der Waals surface area contributed by atoms with Gasteiger partial charge in [0, 0.05) is 37.1 Å². The third-order valence-electron chi connectivity index (χ3n) is 6.34. The second-order valence-corrected chi connectivity index (χ2v) is 8.26. The van der Waals surface area contributed by atoms with Gasteiger partial charge in [-0.2, -0.15) is 15.1 Å². The monoisotopic (exact) mass is 441 g/mol. The molecule has 3 N–H and O–H groups in total. The minimum atomic E-state index is -1.53. The lowest BCUT2D eigenvalue weighted by Gasteiger charge is -2.43. The van der Waals surface area contributed by atoms with Crippen molar-refractivity contribution in [2.24, 2.45) is 5.92 Å². The number of allylic oxidation sites excluding steroid dienone is 2. The van der Waals surface area contributed by atoms with Gasteiger partial charge in [0.1, 0.15) is 11.6 Å². The maximum atomic E-state index is 12.1. The van der Waals surface area contributed by atoms with Crippen molar-refractivity contribution in [2.75, 3.05) is 0 Å². The molecule has 33 heavy (non-hydrogen) atoms. The quantitative estimate of drug-likeness (QED) is 0.213. The second-order valence-electron chi connectivity index (χ2n) is 8.26. The van der Waals surface area contributed by atoms with Gasteiger partial charge < -0.3 is 10.4 Å². The van der Waals surface area contributed by atoms with Crippen LogP contribution in [0.2, 0.25) is 0 Å². The maximum Gasteiger partial charge on any atom is 0.269 e. The average Bonchev–Trinajstić information content (AvgIpc) is 3.66. The normalized spacial score (nSPS) is 24.1. The van der Waals surface area contributed by atoms with Crippen LogP contribution >= 0.6 is 0 Å². The van der Waals surface area contributed by atoms with Crippen molar-refractivity contribution in [1.29, 1.82) is 15.9 Å².